The fourth-order valence-electron chi connectivity index (χ4n) is 1.94. The van der Waals surface area contributed by atoms with E-state index in [0.717, 1.165) is 35.4 Å². The van der Waals surface area contributed by atoms with Crippen molar-refractivity contribution in [1.82, 2.24) is 0 Å². The van der Waals surface area contributed by atoms with Crippen molar-refractivity contribution in [3.63, 3.8) is 0 Å². The van der Waals surface area contributed by atoms with Crippen molar-refractivity contribution < 1.29 is 0 Å². The third-order valence-corrected chi connectivity index (χ3v) is 2.99. The predicted octanol–water partition coefficient (Wildman–Crippen LogP) is 2.77. The van der Waals surface area contributed by atoms with E-state index in [1.165, 1.54) is 6.42 Å². The van der Waals surface area contributed by atoms with Crippen molar-refractivity contribution in [2.75, 3.05) is 23.7 Å². The van der Waals surface area contributed by atoms with E-state index in [4.69, 9.17) is 17.3 Å². The van der Waals surface area contributed by atoms with Gasteiger partial charge in [0.25, 0.3) is 0 Å². The Morgan fingerprint density at radius 1 is 1.50 bits per heavy atom. The lowest BCUT2D eigenvalue weighted by Gasteiger charge is -2.20. The van der Waals surface area contributed by atoms with Crippen molar-refractivity contribution in [3.8, 4) is 0 Å². The maximum atomic E-state index is 5.95. The molecule has 0 radical (unpaired) electrons. The molecule has 0 amide bonds. The van der Waals surface area contributed by atoms with Gasteiger partial charge in [0.2, 0.25) is 0 Å². The molecule has 3 heteroatoms. The molecule has 0 aliphatic carbocycles. The molecule has 1 saturated heterocycles. The lowest BCUT2D eigenvalue weighted by Crippen LogP contribution is -2.20. The summed E-state index contributed by atoms with van der Waals surface area (Å²) in [7, 11) is 0. The molecule has 0 bridgehead atoms. The van der Waals surface area contributed by atoms with E-state index < -0.39 is 0 Å². The van der Waals surface area contributed by atoms with Crippen molar-refractivity contribution in [3.05, 3.63) is 23.2 Å². The molecule has 1 aromatic carbocycles. The molecule has 0 aromatic heterocycles. The van der Waals surface area contributed by atoms with E-state index in [1.54, 1.807) is 0 Å². The van der Waals surface area contributed by atoms with Gasteiger partial charge in [-0.15, -0.1) is 0 Å². The highest BCUT2D eigenvalue weighted by Gasteiger charge is 2.20. The molecule has 14 heavy (non-hydrogen) atoms. The lowest BCUT2D eigenvalue weighted by atomic mass is 10.2. The maximum absolute atomic E-state index is 5.95. The zero-order valence-corrected chi connectivity index (χ0v) is 9.09. The van der Waals surface area contributed by atoms with Gasteiger partial charge in [-0.05, 0) is 30.5 Å². The molecule has 1 aromatic rings. The van der Waals surface area contributed by atoms with E-state index in [9.17, 15) is 0 Å². The Balaban J connectivity index is 2.27. The number of hydrogen-bond donors (Lipinski definition) is 1. The summed E-state index contributed by atoms with van der Waals surface area (Å²) in [6.45, 7) is 4.44. The van der Waals surface area contributed by atoms with Gasteiger partial charge >= 0.3 is 0 Å². The molecule has 1 unspecified atom stereocenters. The molecule has 76 valence electrons. The van der Waals surface area contributed by atoms with Crippen LogP contribution in [-0.4, -0.2) is 13.1 Å². The van der Waals surface area contributed by atoms with E-state index in [2.05, 4.69) is 11.8 Å². The zero-order valence-electron chi connectivity index (χ0n) is 8.33. The molecule has 1 atom stereocenters. The lowest BCUT2D eigenvalue weighted by molar-refractivity contribution is 0.659. The monoisotopic (exact) mass is 210 g/mol. The van der Waals surface area contributed by atoms with Crippen LogP contribution in [0.2, 0.25) is 5.02 Å². The summed E-state index contributed by atoms with van der Waals surface area (Å²) in [4.78, 5) is 2.31. The van der Waals surface area contributed by atoms with Crippen LogP contribution in [0.1, 0.15) is 13.3 Å². The fourth-order valence-corrected chi connectivity index (χ4v) is 2.11. The summed E-state index contributed by atoms with van der Waals surface area (Å²) in [6.07, 6.45) is 1.24. The number of anilines is 2. The van der Waals surface area contributed by atoms with Gasteiger partial charge in [0.15, 0.2) is 0 Å². The van der Waals surface area contributed by atoms with Gasteiger partial charge in [0.05, 0.1) is 11.4 Å². The SMILES string of the molecule is CC1CCN(c2cc(Cl)ccc2N)C1. The van der Waals surface area contributed by atoms with Gasteiger partial charge in [0.1, 0.15) is 0 Å². The fraction of sp³-hybridized carbons (Fsp3) is 0.455. The summed E-state index contributed by atoms with van der Waals surface area (Å²) < 4.78 is 0. The Kier molecular flexibility index (Phi) is 2.55. The maximum Gasteiger partial charge on any atom is 0.0614 e. The highest BCUT2D eigenvalue weighted by atomic mass is 35.5. The van der Waals surface area contributed by atoms with Gasteiger partial charge in [-0.3, -0.25) is 0 Å². The van der Waals surface area contributed by atoms with Crippen LogP contribution in [0.4, 0.5) is 11.4 Å². The minimum absolute atomic E-state index is 0.758. The molecular formula is C11H15ClN2. The van der Waals surface area contributed by atoms with Crippen LogP contribution in [0.15, 0.2) is 18.2 Å². The van der Waals surface area contributed by atoms with Crippen LogP contribution in [-0.2, 0) is 0 Å². The number of halogens is 1. The summed E-state index contributed by atoms with van der Waals surface area (Å²) in [5.74, 6) is 0.758. The van der Waals surface area contributed by atoms with Crippen LogP contribution < -0.4 is 10.6 Å². The van der Waals surface area contributed by atoms with Crippen LogP contribution in [0.3, 0.4) is 0 Å². The topological polar surface area (TPSA) is 29.3 Å². The molecular weight excluding hydrogens is 196 g/mol. The zero-order chi connectivity index (χ0) is 10.1. The van der Waals surface area contributed by atoms with Crippen molar-refractivity contribution in [2.45, 2.75) is 13.3 Å². The van der Waals surface area contributed by atoms with Crippen molar-refractivity contribution >= 4 is 23.0 Å². The highest BCUT2D eigenvalue weighted by Crippen LogP contribution is 2.30. The Hall–Kier alpha value is -0.890. The van der Waals surface area contributed by atoms with E-state index >= 15 is 0 Å². The summed E-state index contributed by atoms with van der Waals surface area (Å²) in [5, 5.41) is 0.758. The Labute approximate surface area is 89.7 Å². The van der Waals surface area contributed by atoms with Gasteiger partial charge in [0, 0.05) is 18.1 Å². The van der Waals surface area contributed by atoms with Gasteiger partial charge in [-0.2, -0.15) is 0 Å². The Morgan fingerprint density at radius 2 is 2.29 bits per heavy atom. The van der Waals surface area contributed by atoms with Gasteiger partial charge in [-0.25, -0.2) is 0 Å². The number of rotatable bonds is 1. The standard InChI is InChI=1S/C11H15ClN2/c1-8-4-5-14(7-8)11-6-9(12)2-3-10(11)13/h2-3,6,8H,4-5,7,13H2,1H3. The Bertz CT molecular complexity index is 338. The first kappa shape index (κ1) is 9.66. The molecule has 1 heterocycles. The molecule has 1 aliphatic rings. The van der Waals surface area contributed by atoms with E-state index in [-0.39, 0.29) is 0 Å². The number of hydrogen-bond acceptors (Lipinski definition) is 2. The Morgan fingerprint density at radius 3 is 2.93 bits per heavy atom. The van der Waals surface area contributed by atoms with Gasteiger partial charge in [-0.1, -0.05) is 18.5 Å². The molecule has 0 spiro atoms. The van der Waals surface area contributed by atoms with Gasteiger partial charge < -0.3 is 10.6 Å². The molecule has 0 saturated carbocycles. The average Bonchev–Trinajstić information content (AvgIpc) is 2.56. The quantitative estimate of drug-likeness (QED) is 0.723. The van der Waals surface area contributed by atoms with Crippen molar-refractivity contribution in [2.24, 2.45) is 5.92 Å². The first-order valence-corrected chi connectivity index (χ1v) is 5.34. The van der Waals surface area contributed by atoms with Crippen LogP contribution in [0.5, 0.6) is 0 Å². The van der Waals surface area contributed by atoms with Crippen molar-refractivity contribution in [1.29, 1.82) is 0 Å². The average molecular weight is 211 g/mol. The molecule has 1 aliphatic heterocycles. The smallest absolute Gasteiger partial charge is 0.0614 e. The second-order valence-corrected chi connectivity index (χ2v) is 4.48. The normalized spacial score (nSPS) is 21.6. The number of nitrogens with two attached hydrogens (primary N) is 1. The molecule has 2 nitrogen and oxygen atoms in total. The summed E-state index contributed by atoms with van der Waals surface area (Å²) in [6, 6.07) is 5.66. The molecule has 2 N–H and O–H groups in total. The first-order chi connectivity index (χ1) is 6.66. The minimum Gasteiger partial charge on any atom is -0.397 e. The summed E-state index contributed by atoms with van der Waals surface area (Å²) in [5.41, 5.74) is 7.82. The van der Waals surface area contributed by atoms with E-state index in [0.29, 0.717) is 0 Å². The molecule has 2 rings (SSSR count). The number of nitrogens with zero attached hydrogens (tertiary/aromatic N) is 1. The third-order valence-electron chi connectivity index (χ3n) is 2.76. The number of nitrogen functional groups attached to an aromatic ring is 1. The first-order valence-electron chi connectivity index (χ1n) is 4.97. The third kappa shape index (κ3) is 1.80. The predicted molar refractivity (Wildman–Crippen MR) is 61.9 cm³/mol. The second-order valence-electron chi connectivity index (χ2n) is 4.04. The second kappa shape index (κ2) is 3.70. The van der Waals surface area contributed by atoms with Crippen LogP contribution in [0.25, 0.3) is 0 Å². The van der Waals surface area contributed by atoms with E-state index in [1.807, 2.05) is 18.2 Å². The highest BCUT2D eigenvalue weighted by molar-refractivity contribution is 6.31. The molecule has 1 fully saturated rings. The largest absolute Gasteiger partial charge is 0.397 e. The number of benzene rings is 1. The van der Waals surface area contributed by atoms with Crippen LogP contribution in [0, 0.1) is 5.92 Å². The minimum atomic E-state index is 0.758. The van der Waals surface area contributed by atoms with Crippen LogP contribution >= 0.6 is 11.6 Å². The summed E-state index contributed by atoms with van der Waals surface area (Å²) >= 11 is 5.95.